The van der Waals surface area contributed by atoms with E-state index < -0.39 is 27.9 Å². The SMILES string of the molecule is CCCCC(N=C1NS(=O)(=O)c2ccccc21)C(=O)NNC(=O)c1ccc(OCC)cc1. The number of sulfonamides is 1. The summed E-state index contributed by atoms with van der Waals surface area (Å²) in [6.45, 7) is 4.36. The highest BCUT2D eigenvalue weighted by Gasteiger charge is 2.31. The predicted molar refractivity (Wildman–Crippen MR) is 120 cm³/mol. The third kappa shape index (κ3) is 5.44. The number of fused-ring (bicyclic) bond motifs is 1. The van der Waals surface area contributed by atoms with E-state index in [1.165, 1.54) is 6.07 Å². The van der Waals surface area contributed by atoms with Crippen LogP contribution in [0.2, 0.25) is 0 Å². The van der Waals surface area contributed by atoms with Crippen LogP contribution in [0, 0.1) is 0 Å². The van der Waals surface area contributed by atoms with E-state index in [-0.39, 0.29) is 10.7 Å². The summed E-state index contributed by atoms with van der Waals surface area (Å²) in [4.78, 5) is 29.6. The van der Waals surface area contributed by atoms with Gasteiger partial charge in [0.25, 0.3) is 21.8 Å². The number of aliphatic imine (C=N–C) groups is 1. The highest BCUT2D eigenvalue weighted by Crippen LogP contribution is 2.23. The quantitative estimate of drug-likeness (QED) is 0.523. The Kier molecular flexibility index (Phi) is 7.47. The number of nitrogens with one attached hydrogen (secondary N) is 3. The number of unbranched alkanes of at least 4 members (excludes halogenated alkanes) is 1. The van der Waals surface area contributed by atoms with Gasteiger partial charge in [0.15, 0.2) is 0 Å². The van der Waals surface area contributed by atoms with Gasteiger partial charge in [0.05, 0.1) is 11.5 Å². The fourth-order valence-electron chi connectivity index (χ4n) is 3.18. The molecule has 9 nitrogen and oxygen atoms in total. The number of amidine groups is 1. The van der Waals surface area contributed by atoms with E-state index in [0.29, 0.717) is 36.3 Å². The molecule has 2 amide bonds. The van der Waals surface area contributed by atoms with Crippen molar-refractivity contribution in [2.45, 2.75) is 44.0 Å². The number of hydrazine groups is 1. The van der Waals surface area contributed by atoms with Gasteiger partial charge in [-0.1, -0.05) is 31.9 Å². The molecule has 1 aliphatic heterocycles. The zero-order valence-electron chi connectivity index (χ0n) is 17.9. The second-order valence-electron chi connectivity index (χ2n) is 7.14. The van der Waals surface area contributed by atoms with Crippen LogP contribution in [0.4, 0.5) is 0 Å². The normalized spacial score (nSPS) is 16.0. The average molecular weight is 459 g/mol. The molecule has 0 aliphatic carbocycles. The molecule has 0 saturated heterocycles. The van der Waals surface area contributed by atoms with Crippen molar-refractivity contribution >= 4 is 27.7 Å². The van der Waals surface area contributed by atoms with Crippen LogP contribution in [-0.4, -0.2) is 38.7 Å². The lowest BCUT2D eigenvalue weighted by atomic mass is 10.1. The summed E-state index contributed by atoms with van der Waals surface area (Å²) >= 11 is 0. The van der Waals surface area contributed by atoms with Crippen molar-refractivity contribution < 1.29 is 22.7 Å². The molecule has 1 atom stereocenters. The smallest absolute Gasteiger partial charge is 0.269 e. The number of ether oxygens (including phenoxy) is 1. The van der Waals surface area contributed by atoms with Crippen LogP contribution in [0.5, 0.6) is 5.75 Å². The Morgan fingerprint density at radius 1 is 1.06 bits per heavy atom. The Morgan fingerprint density at radius 3 is 2.47 bits per heavy atom. The van der Waals surface area contributed by atoms with Gasteiger partial charge in [0.2, 0.25) is 0 Å². The van der Waals surface area contributed by atoms with E-state index in [1.807, 2.05) is 13.8 Å². The number of benzene rings is 2. The molecule has 0 saturated carbocycles. The maximum Gasteiger partial charge on any atom is 0.269 e. The Balaban J connectivity index is 1.72. The molecule has 3 N–H and O–H groups in total. The number of amides is 2. The Bertz CT molecular complexity index is 1110. The Labute approximate surface area is 187 Å². The van der Waals surface area contributed by atoms with Crippen molar-refractivity contribution in [1.82, 2.24) is 15.6 Å². The van der Waals surface area contributed by atoms with E-state index in [0.717, 1.165) is 6.42 Å². The number of hydrogen-bond acceptors (Lipinski definition) is 6. The minimum absolute atomic E-state index is 0.120. The van der Waals surface area contributed by atoms with E-state index in [2.05, 4.69) is 20.6 Å². The third-order valence-corrected chi connectivity index (χ3v) is 6.21. The first-order valence-corrected chi connectivity index (χ1v) is 11.9. The molecule has 0 aromatic heterocycles. The van der Waals surface area contributed by atoms with Crippen LogP contribution >= 0.6 is 0 Å². The molecule has 32 heavy (non-hydrogen) atoms. The number of carbonyl (C=O) groups is 2. The second kappa shape index (κ2) is 10.3. The van der Waals surface area contributed by atoms with Gasteiger partial charge < -0.3 is 4.74 Å². The zero-order valence-corrected chi connectivity index (χ0v) is 18.7. The molecule has 3 rings (SSSR count). The number of carbonyl (C=O) groups excluding carboxylic acids is 2. The first kappa shape index (κ1) is 23.3. The number of nitrogens with zero attached hydrogens (tertiary/aromatic N) is 1. The molecule has 0 bridgehead atoms. The van der Waals surface area contributed by atoms with E-state index in [4.69, 9.17) is 4.74 Å². The predicted octanol–water partition coefficient (Wildman–Crippen LogP) is 2.14. The van der Waals surface area contributed by atoms with Gasteiger partial charge >= 0.3 is 0 Å². The van der Waals surface area contributed by atoms with Crippen molar-refractivity contribution in [2.75, 3.05) is 6.61 Å². The van der Waals surface area contributed by atoms with Crippen LogP contribution in [0.1, 0.15) is 49.0 Å². The van der Waals surface area contributed by atoms with Crippen LogP contribution in [0.25, 0.3) is 0 Å². The lowest BCUT2D eigenvalue weighted by Gasteiger charge is -2.14. The molecule has 0 radical (unpaired) electrons. The Morgan fingerprint density at radius 2 is 1.78 bits per heavy atom. The van der Waals surface area contributed by atoms with Crippen molar-refractivity contribution in [1.29, 1.82) is 0 Å². The lowest BCUT2D eigenvalue weighted by Crippen LogP contribution is -2.46. The fraction of sp³-hybridized carbons (Fsp3) is 0.318. The van der Waals surface area contributed by atoms with Gasteiger partial charge in [-0.05, 0) is 49.7 Å². The van der Waals surface area contributed by atoms with Gasteiger partial charge in [-0.3, -0.25) is 30.2 Å². The average Bonchev–Trinajstić information content (AvgIpc) is 3.05. The Hall–Kier alpha value is -3.40. The molecule has 1 aliphatic rings. The maximum atomic E-state index is 12.8. The van der Waals surface area contributed by atoms with E-state index >= 15 is 0 Å². The second-order valence-corrected chi connectivity index (χ2v) is 8.79. The molecule has 1 heterocycles. The van der Waals surface area contributed by atoms with Gasteiger partial charge in [-0.15, -0.1) is 0 Å². The van der Waals surface area contributed by atoms with E-state index in [1.54, 1.807) is 42.5 Å². The van der Waals surface area contributed by atoms with Gasteiger partial charge in [-0.2, -0.15) is 0 Å². The molecule has 1 unspecified atom stereocenters. The standard InChI is InChI=1S/C22H26N4O5S/c1-3-5-9-18(23-20-17-8-6-7-10-19(17)32(29,30)26-20)22(28)25-24-21(27)15-11-13-16(14-12-15)31-4-2/h6-8,10-14,18H,3-5,9H2,1-2H3,(H,23,26)(H,24,27)(H,25,28). The molecule has 170 valence electrons. The summed E-state index contributed by atoms with van der Waals surface area (Å²) in [6.07, 6.45) is 1.93. The van der Waals surface area contributed by atoms with Crippen LogP contribution in [0.3, 0.4) is 0 Å². The van der Waals surface area contributed by atoms with E-state index in [9.17, 15) is 18.0 Å². The number of rotatable bonds is 8. The summed E-state index contributed by atoms with van der Waals surface area (Å²) in [5.74, 6) is -0.262. The molecular weight excluding hydrogens is 432 g/mol. The van der Waals surface area contributed by atoms with Crippen molar-refractivity contribution in [3.05, 3.63) is 59.7 Å². The third-order valence-electron chi connectivity index (χ3n) is 4.81. The lowest BCUT2D eigenvalue weighted by molar-refractivity contribution is -0.123. The fourth-order valence-corrected chi connectivity index (χ4v) is 4.42. The number of hydrogen-bond donors (Lipinski definition) is 3. The summed E-state index contributed by atoms with van der Waals surface area (Å²) in [7, 11) is -3.71. The summed E-state index contributed by atoms with van der Waals surface area (Å²) in [6, 6.07) is 12.1. The molecule has 2 aromatic rings. The summed E-state index contributed by atoms with van der Waals surface area (Å²) in [5.41, 5.74) is 5.54. The molecular formula is C22H26N4O5S. The van der Waals surface area contributed by atoms with Gasteiger partial charge in [0, 0.05) is 11.1 Å². The topological polar surface area (TPSA) is 126 Å². The van der Waals surface area contributed by atoms with Crippen LogP contribution in [-0.2, 0) is 14.8 Å². The highest BCUT2D eigenvalue weighted by molar-refractivity contribution is 7.90. The first-order valence-electron chi connectivity index (χ1n) is 10.4. The van der Waals surface area contributed by atoms with Crippen molar-refractivity contribution in [2.24, 2.45) is 4.99 Å². The monoisotopic (exact) mass is 458 g/mol. The van der Waals surface area contributed by atoms with Gasteiger partial charge in [0.1, 0.15) is 17.6 Å². The zero-order chi connectivity index (χ0) is 23.1. The molecule has 0 spiro atoms. The summed E-state index contributed by atoms with van der Waals surface area (Å²) < 4.78 is 32.4. The first-order chi connectivity index (χ1) is 15.4. The minimum Gasteiger partial charge on any atom is -0.494 e. The molecule has 0 fully saturated rings. The molecule has 10 heteroatoms. The maximum absolute atomic E-state index is 12.8. The minimum atomic E-state index is -3.71. The van der Waals surface area contributed by atoms with Gasteiger partial charge in [-0.25, -0.2) is 8.42 Å². The highest BCUT2D eigenvalue weighted by atomic mass is 32.2. The van der Waals surface area contributed by atoms with Crippen molar-refractivity contribution in [3.8, 4) is 5.75 Å². The largest absolute Gasteiger partial charge is 0.494 e. The van der Waals surface area contributed by atoms with Crippen LogP contribution < -0.4 is 20.3 Å². The van der Waals surface area contributed by atoms with Crippen LogP contribution in [0.15, 0.2) is 58.4 Å². The van der Waals surface area contributed by atoms with Crippen molar-refractivity contribution in [3.63, 3.8) is 0 Å². The molecule has 2 aromatic carbocycles. The summed E-state index contributed by atoms with van der Waals surface area (Å²) in [5, 5.41) is 0.